The highest BCUT2D eigenvalue weighted by molar-refractivity contribution is 5.89. The number of benzene rings is 1. The molecular formula is C15H20N2O4. The molecule has 114 valence electrons. The number of ether oxygens (including phenoxy) is 1. The predicted octanol–water partition coefficient (Wildman–Crippen LogP) is 1.95. The van der Waals surface area contributed by atoms with Crippen LogP contribution in [0.2, 0.25) is 0 Å². The molecule has 2 amide bonds. The van der Waals surface area contributed by atoms with Gasteiger partial charge in [0.1, 0.15) is 0 Å². The number of rotatable bonds is 3. The SMILES string of the molecule is CC1CN(C(=O)Nc2cccc(CC(=O)O)c2)C(C)CO1. The summed E-state index contributed by atoms with van der Waals surface area (Å²) >= 11 is 0. The van der Waals surface area contributed by atoms with Crippen LogP contribution in [0.5, 0.6) is 0 Å². The number of carbonyl (C=O) groups excluding carboxylic acids is 1. The van der Waals surface area contributed by atoms with E-state index in [-0.39, 0.29) is 24.6 Å². The summed E-state index contributed by atoms with van der Waals surface area (Å²) in [6, 6.07) is 6.72. The molecular weight excluding hydrogens is 272 g/mol. The van der Waals surface area contributed by atoms with Gasteiger partial charge >= 0.3 is 12.0 Å². The molecule has 6 heteroatoms. The Morgan fingerprint density at radius 3 is 2.90 bits per heavy atom. The van der Waals surface area contributed by atoms with Gasteiger partial charge < -0.3 is 20.1 Å². The Kier molecular flexibility index (Phi) is 4.80. The van der Waals surface area contributed by atoms with Crippen LogP contribution < -0.4 is 5.32 Å². The number of hydrogen-bond acceptors (Lipinski definition) is 3. The molecule has 1 fully saturated rings. The van der Waals surface area contributed by atoms with Crippen molar-refractivity contribution in [2.75, 3.05) is 18.5 Å². The molecule has 0 bridgehead atoms. The van der Waals surface area contributed by atoms with Crippen LogP contribution in [0, 0.1) is 0 Å². The topological polar surface area (TPSA) is 78.9 Å². The summed E-state index contributed by atoms with van der Waals surface area (Å²) in [7, 11) is 0. The first kappa shape index (κ1) is 15.3. The van der Waals surface area contributed by atoms with Crippen molar-refractivity contribution in [3.05, 3.63) is 29.8 Å². The highest BCUT2D eigenvalue weighted by atomic mass is 16.5. The van der Waals surface area contributed by atoms with Crippen molar-refractivity contribution in [2.45, 2.75) is 32.4 Å². The van der Waals surface area contributed by atoms with Gasteiger partial charge in [0, 0.05) is 12.2 Å². The summed E-state index contributed by atoms with van der Waals surface area (Å²) in [6.45, 7) is 4.93. The van der Waals surface area contributed by atoms with Crippen LogP contribution in [0.25, 0.3) is 0 Å². The van der Waals surface area contributed by atoms with E-state index >= 15 is 0 Å². The zero-order valence-electron chi connectivity index (χ0n) is 12.2. The van der Waals surface area contributed by atoms with Crippen LogP contribution >= 0.6 is 0 Å². The van der Waals surface area contributed by atoms with Gasteiger partial charge in [0.25, 0.3) is 0 Å². The third-order valence-corrected chi connectivity index (χ3v) is 3.40. The fraction of sp³-hybridized carbons (Fsp3) is 0.467. The Bertz CT molecular complexity index is 532. The van der Waals surface area contributed by atoms with E-state index in [1.807, 2.05) is 13.8 Å². The molecule has 0 saturated carbocycles. The minimum absolute atomic E-state index is 0.0170. The van der Waals surface area contributed by atoms with E-state index in [9.17, 15) is 9.59 Å². The maximum Gasteiger partial charge on any atom is 0.322 e. The molecule has 0 spiro atoms. The molecule has 0 aromatic heterocycles. The zero-order valence-corrected chi connectivity index (χ0v) is 12.2. The fourth-order valence-corrected chi connectivity index (χ4v) is 2.32. The van der Waals surface area contributed by atoms with Crippen molar-refractivity contribution in [1.82, 2.24) is 4.90 Å². The van der Waals surface area contributed by atoms with E-state index in [2.05, 4.69) is 5.32 Å². The summed E-state index contributed by atoms with van der Waals surface area (Å²) in [5.74, 6) is -0.894. The van der Waals surface area contributed by atoms with Crippen LogP contribution in [0.4, 0.5) is 10.5 Å². The molecule has 2 unspecified atom stereocenters. The van der Waals surface area contributed by atoms with E-state index in [0.717, 1.165) is 0 Å². The van der Waals surface area contributed by atoms with Crippen molar-refractivity contribution in [3.8, 4) is 0 Å². The molecule has 21 heavy (non-hydrogen) atoms. The number of nitrogens with zero attached hydrogens (tertiary/aromatic N) is 1. The van der Waals surface area contributed by atoms with Gasteiger partial charge in [-0.3, -0.25) is 4.79 Å². The van der Waals surface area contributed by atoms with Crippen LogP contribution in [-0.2, 0) is 16.0 Å². The number of aliphatic carboxylic acids is 1. The van der Waals surface area contributed by atoms with Crippen LogP contribution in [0.3, 0.4) is 0 Å². The summed E-state index contributed by atoms with van der Waals surface area (Å²) in [6.07, 6.45) is -0.0420. The summed E-state index contributed by atoms with van der Waals surface area (Å²) < 4.78 is 5.50. The standard InChI is InChI=1S/C15H20N2O4/c1-10-9-21-11(2)8-17(10)15(20)16-13-5-3-4-12(6-13)7-14(18)19/h3-6,10-11H,7-9H2,1-2H3,(H,16,20)(H,18,19). The maximum atomic E-state index is 12.3. The molecule has 1 heterocycles. The van der Waals surface area contributed by atoms with E-state index in [1.165, 1.54) is 0 Å². The number of urea groups is 1. The molecule has 1 aromatic rings. The first-order valence-corrected chi connectivity index (χ1v) is 6.95. The largest absolute Gasteiger partial charge is 0.481 e. The molecule has 0 radical (unpaired) electrons. The van der Waals surface area contributed by atoms with Crippen molar-refractivity contribution < 1.29 is 19.4 Å². The van der Waals surface area contributed by atoms with Gasteiger partial charge in [-0.25, -0.2) is 4.79 Å². The molecule has 2 atom stereocenters. The normalized spacial score (nSPS) is 21.9. The Balaban J connectivity index is 2.03. The number of anilines is 1. The molecule has 1 aromatic carbocycles. The van der Waals surface area contributed by atoms with E-state index < -0.39 is 5.97 Å². The summed E-state index contributed by atoms with van der Waals surface area (Å²) in [4.78, 5) is 24.8. The second kappa shape index (κ2) is 6.58. The van der Waals surface area contributed by atoms with Gasteiger partial charge in [-0.1, -0.05) is 12.1 Å². The Labute approximate surface area is 123 Å². The van der Waals surface area contributed by atoms with Crippen molar-refractivity contribution in [1.29, 1.82) is 0 Å². The highest BCUT2D eigenvalue weighted by Crippen LogP contribution is 2.16. The van der Waals surface area contributed by atoms with E-state index in [0.29, 0.717) is 24.4 Å². The molecule has 1 saturated heterocycles. The van der Waals surface area contributed by atoms with Gasteiger partial charge in [-0.2, -0.15) is 0 Å². The van der Waals surface area contributed by atoms with Crippen LogP contribution in [0.15, 0.2) is 24.3 Å². The predicted molar refractivity (Wildman–Crippen MR) is 78.4 cm³/mol. The summed E-state index contributed by atoms with van der Waals surface area (Å²) in [5.41, 5.74) is 1.26. The number of hydrogen-bond donors (Lipinski definition) is 2. The lowest BCUT2D eigenvalue weighted by molar-refractivity contribution is -0.136. The maximum absolute atomic E-state index is 12.3. The number of carboxylic acids is 1. The number of carbonyl (C=O) groups is 2. The van der Waals surface area contributed by atoms with Crippen LogP contribution in [0.1, 0.15) is 19.4 Å². The molecule has 6 nitrogen and oxygen atoms in total. The quantitative estimate of drug-likeness (QED) is 0.892. The molecule has 0 aliphatic carbocycles. The first-order valence-electron chi connectivity index (χ1n) is 6.95. The number of amides is 2. The lowest BCUT2D eigenvalue weighted by Crippen LogP contribution is -2.51. The van der Waals surface area contributed by atoms with Gasteiger partial charge in [-0.05, 0) is 31.5 Å². The minimum Gasteiger partial charge on any atom is -0.481 e. The van der Waals surface area contributed by atoms with Gasteiger partial charge in [-0.15, -0.1) is 0 Å². The van der Waals surface area contributed by atoms with Crippen molar-refractivity contribution in [3.63, 3.8) is 0 Å². The fourth-order valence-electron chi connectivity index (χ4n) is 2.32. The van der Waals surface area contributed by atoms with E-state index in [1.54, 1.807) is 29.2 Å². The van der Waals surface area contributed by atoms with Gasteiger partial charge in [0.2, 0.25) is 0 Å². The number of morpholine rings is 1. The third-order valence-electron chi connectivity index (χ3n) is 3.40. The monoisotopic (exact) mass is 292 g/mol. The Hall–Kier alpha value is -2.08. The summed E-state index contributed by atoms with van der Waals surface area (Å²) in [5, 5.41) is 11.6. The average Bonchev–Trinajstić information content (AvgIpc) is 2.41. The lowest BCUT2D eigenvalue weighted by Gasteiger charge is -2.36. The molecule has 2 N–H and O–H groups in total. The second-order valence-corrected chi connectivity index (χ2v) is 5.35. The van der Waals surface area contributed by atoms with Crippen LogP contribution in [-0.4, -0.2) is 47.3 Å². The van der Waals surface area contributed by atoms with E-state index in [4.69, 9.17) is 9.84 Å². The number of carboxylic acid groups (broad SMARTS) is 1. The molecule has 2 rings (SSSR count). The number of nitrogens with one attached hydrogen (secondary N) is 1. The lowest BCUT2D eigenvalue weighted by atomic mass is 10.1. The zero-order chi connectivity index (χ0) is 15.4. The molecule has 1 aliphatic rings. The highest BCUT2D eigenvalue weighted by Gasteiger charge is 2.27. The molecule has 1 aliphatic heterocycles. The van der Waals surface area contributed by atoms with Gasteiger partial charge in [0.05, 0.1) is 25.2 Å². The van der Waals surface area contributed by atoms with Crippen molar-refractivity contribution in [2.24, 2.45) is 0 Å². The van der Waals surface area contributed by atoms with Crippen molar-refractivity contribution >= 4 is 17.7 Å². The van der Waals surface area contributed by atoms with Gasteiger partial charge in [0.15, 0.2) is 0 Å². The average molecular weight is 292 g/mol. The first-order chi connectivity index (χ1) is 9.95. The Morgan fingerprint density at radius 1 is 1.43 bits per heavy atom. The smallest absolute Gasteiger partial charge is 0.322 e. The third kappa shape index (κ3) is 4.19. The second-order valence-electron chi connectivity index (χ2n) is 5.35. The Morgan fingerprint density at radius 2 is 2.19 bits per heavy atom. The minimum atomic E-state index is -0.894.